The third-order valence-corrected chi connectivity index (χ3v) is 14.8. The van der Waals surface area contributed by atoms with Gasteiger partial charge in [-0.1, -0.05) is 294 Å². The van der Waals surface area contributed by atoms with Crippen molar-refractivity contribution in [3.8, 4) is 0 Å². The fourth-order valence-electron chi connectivity index (χ4n) is 9.75. The lowest BCUT2D eigenvalue weighted by Gasteiger charge is -2.18. The predicted molar refractivity (Wildman–Crippen MR) is 325 cm³/mol. The molecule has 0 aliphatic heterocycles. The molecule has 1 unspecified atom stereocenters. The maximum atomic E-state index is 12.8. The molecule has 0 heterocycles. The van der Waals surface area contributed by atoms with Crippen LogP contribution in [0.15, 0.2) is 48.6 Å². The first kappa shape index (κ1) is 72.4. The first-order valence-electron chi connectivity index (χ1n) is 33.1. The maximum absolute atomic E-state index is 12.8. The molecule has 0 aromatic heterocycles. The Balaban J connectivity index is 4.02. The van der Waals surface area contributed by atoms with Crippen molar-refractivity contribution in [3.63, 3.8) is 0 Å². The van der Waals surface area contributed by atoms with Gasteiger partial charge in [-0.25, -0.2) is 0 Å². The van der Waals surface area contributed by atoms with Crippen molar-refractivity contribution in [2.45, 2.75) is 361 Å². The van der Waals surface area contributed by atoms with E-state index in [0.29, 0.717) is 19.3 Å². The van der Waals surface area contributed by atoms with Gasteiger partial charge >= 0.3 is 17.9 Å². The molecule has 0 N–H and O–H groups in total. The van der Waals surface area contributed by atoms with Gasteiger partial charge in [0.05, 0.1) is 0 Å². The van der Waals surface area contributed by atoms with Crippen molar-refractivity contribution in [2.75, 3.05) is 13.2 Å². The van der Waals surface area contributed by atoms with Crippen molar-refractivity contribution in [2.24, 2.45) is 0 Å². The summed E-state index contributed by atoms with van der Waals surface area (Å²) in [6.07, 6.45) is 80.2. The van der Waals surface area contributed by atoms with Crippen LogP contribution in [0.4, 0.5) is 0 Å². The average molecular weight is 1050 g/mol. The molecule has 0 fully saturated rings. The molecule has 0 amide bonds. The standard InChI is InChI=1S/C69H126O6/c1-4-7-10-13-16-19-22-24-26-27-28-29-30-31-32-33-34-35-36-37-38-39-40-41-42-43-44-46-47-50-53-56-59-62-68(71)74-65-66(64-73-67(70)61-58-55-52-49-21-18-15-12-9-6-3)75-69(72)63-60-57-54-51-48-45-25-23-20-17-14-11-8-5-2/h12,14-15,17,23,25,27-28,66H,4-11,13,16,18-22,24,26,29-65H2,1-3H3/b15-12-,17-14-,25-23-,28-27-. The van der Waals surface area contributed by atoms with Crippen LogP contribution in [-0.2, 0) is 28.6 Å². The minimum Gasteiger partial charge on any atom is -0.462 e. The fourth-order valence-corrected chi connectivity index (χ4v) is 9.75. The molecule has 0 saturated heterocycles. The van der Waals surface area contributed by atoms with Gasteiger partial charge in [0.25, 0.3) is 0 Å². The number of carbonyl (C=O) groups excluding carboxylic acids is 3. The number of unbranched alkanes of at least 4 members (excludes halogenated alkanes) is 42. The Labute approximate surface area is 467 Å². The van der Waals surface area contributed by atoms with E-state index < -0.39 is 6.10 Å². The molecule has 0 rings (SSSR count). The molecule has 0 aliphatic carbocycles. The minimum absolute atomic E-state index is 0.0785. The van der Waals surface area contributed by atoms with E-state index in [2.05, 4.69) is 69.4 Å². The van der Waals surface area contributed by atoms with Gasteiger partial charge in [-0.3, -0.25) is 14.4 Å². The summed E-state index contributed by atoms with van der Waals surface area (Å²) in [6, 6.07) is 0. The van der Waals surface area contributed by atoms with Gasteiger partial charge in [0, 0.05) is 19.3 Å². The molecule has 0 aliphatic rings. The smallest absolute Gasteiger partial charge is 0.306 e. The van der Waals surface area contributed by atoms with E-state index in [1.807, 2.05) is 0 Å². The summed E-state index contributed by atoms with van der Waals surface area (Å²) in [4.78, 5) is 38.1. The van der Waals surface area contributed by atoms with Crippen LogP contribution in [0.3, 0.4) is 0 Å². The number of ether oxygens (including phenoxy) is 3. The fraction of sp³-hybridized carbons (Fsp3) is 0.841. The number of carbonyl (C=O) groups is 3. The number of esters is 3. The van der Waals surface area contributed by atoms with Gasteiger partial charge < -0.3 is 14.2 Å². The van der Waals surface area contributed by atoms with Gasteiger partial charge in [-0.2, -0.15) is 0 Å². The highest BCUT2D eigenvalue weighted by Gasteiger charge is 2.19. The number of rotatable bonds is 61. The maximum Gasteiger partial charge on any atom is 0.306 e. The molecule has 0 aromatic carbocycles. The second-order valence-electron chi connectivity index (χ2n) is 22.4. The van der Waals surface area contributed by atoms with Crippen molar-refractivity contribution in [1.29, 1.82) is 0 Å². The molecule has 0 bridgehead atoms. The van der Waals surface area contributed by atoms with Crippen molar-refractivity contribution < 1.29 is 28.6 Å². The molecule has 0 radical (unpaired) electrons. The monoisotopic (exact) mass is 1050 g/mol. The highest BCUT2D eigenvalue weighted by molar-refractivity contribution is 5.71. The first-order chi connectivity index (χ1) is 37.0. The molecule has 6 heteroatoms. The van der Waals surface area contributed by atoms with Crippen molar-refractivity contribution >= 4 is 17.9 Å². The highest BCUT2D eigenvalue weighted by Crippen LogP contribution is 2.18. The normalized spacial score (nSPS) is 12.3. The van der Waals surface area contributed by atoms with Gasteiger partial charge in [0.2, 0.25) is 0 Å². The van der Waals surface area contributed by atoms with E-state index in [1.54, 1.807) is 0 Å². The van der Waals surface area contributed by atoms with Crippen LogP contribution in [-0.4, -0.2) is 37.2 Å². The van der Waals surface area contributed by atoms with Crippen LogP contribution in [0.2, 0.25) is 0 Å². The minimum atomic E-state index is -0.781. The van der Waals surface area contributed by atoms with Crippen LogP contribution in [0.5, 0.6) is 0 Å². The lowest BCUT2D eigenvalue weighted by atomic mass is 10.0. The Morgan fingerprint density at radius 3 is 0.840 bits per heavy atom. The van der Waals surface area contributed by atoms with E-state index in [9.17, 15) is 14.4 Å². The van der Waals surface area contributed by atoms with E-state index in [4.69, 9.17) is 14.2 Å². The number of hydrogen-bond donors (Lipinski definition) is 0. The van der Waals surface area contributed by atoms with Crippen molar-refractivity contribution in [3.05, 3.63) is 48.6 Å². The molecule has 0 spiro atoms. The van der Waals surface area contributed by atoms with Gasteiger partial charge in [0.1, 0.15) is 13.2 Å². The third kappa shape index (κ3) is 62.1. The summed E-state index contributed by atoms with van der Waals surface area (Å²) >= 11 is 0. The SMILES string of the molecule is CCC/C=C\CCCCCCCC(=O)OCC(COC(=O)CCCCCCCCCCCCCCCCCCCCCCC/C=C\CCCCCCCCCC)OC(=O)CCCCCCC/C=C\C/C=C\CCCC. The highest BCUT2D eigenvalue weighted by atomic mass is 16.6. The Bertz CT molecular complexity index is 1300. The third-order valence-electron chi connectivity index (χ3n) is 14.8. The van der Waals surface area contributed by atoms with Crippen LogP contribution in [0, 0.1) is 0 Å². The largest absolute Gasteiger partial charge is 0.462 e. The van der Waals surface area contributed by atoms with Crippen LogP contribution < -0.4 is 0 Å². The lowest BCUT2D eigenvalue weighted by Crippen LogP contribution is -2.30. The molecule has 75 heavy (non-hydrogen) atoms. The molecule has 0 aromatic rings. The van der Waals surface area contributed by atoms with E-state index in [1.165, 1.54) is 218 Å². The Hall–Kier alpha value is -2.63. The second-order valence-corrected chi connectivity index (χ2v) is 22.4. The zero-order valence-corrected chi connectivity index (χ0v) is 50.3. The Morgan fingerprint density at radius 1 is 0.267 bits per heavy atom. The zero-order valence-electron chi connectivity index (χ0n) is 50.3. The van der Waals surface area contributed by atoms with Crippen molar-refractivity contribution in [1.82, 2.24) is 0 Å². The molecule has 438 valence electrons. The summed E-state index contributed by atoms with van der Waals surface area (Å²) in [5, 5.41) is 0. The molecular weight excluding hydrogens is 925 g/mol. The average Bonchev–Trinajstić information content (AvgIpc) is 3.41. The summed E-state index contributed by atoms with van der Waals surface area (Å²) in [7, 11) is 0. The predicted octanol–water partition coefficient (Wildman–Crippen LogP) is 22.6. The van der Waals surface area contributed by atoms with Crippen LogP contribution in [0.1, 0.15) is 355 Å². The zero-order chi connectivity index (χ0) is 54.3. The number of hydrogen-bond acceptors (Lipinski definition) is 6. The Morgan fingerprint density at radius 2 is 0.520 bits per heavy atom. The van der Waals surface area contributed by atoms with E-state index in [0.717, 1.165) is 96.3 Å². The van der Waals surface area contributed by atoms with Crippen LogP contribution in [0.25, 0.3) is 0 Å². The Kier molecular flexibility index (Phi) is 61.7. The van der Waals surface area contributed by atoms with Gasteiger partial charge in [0.15, 0.2) is 6.10 Å². The first-order valence-corrected chi connectivity index (χ1v) is 33.1. The molecular formula is C69H126O6. The van der Waals surface area contributed by atoms with E-state index in [-0.39, 0.29) is 31.1 Å². The quantitative estimate of drug-likeness (QED) is 0.0261. The van der Waals surface area contributed by atoms with E-state index >= 15 is 0 Å². The van der Waals surface area contributed by atoms with Gasteiger partial charge in [-0.05, 0) is 89.9 Å². The molecule has 1 atom stereocenters. The topological polar surface area (TPSA) is 78.9 Å². The summed E-state index contributed by atoms with van der Waals surface area (Å²) < 4.78 is 16.9. The molecule has 6 nitrogen and oxygen atoms in total. The van der Waals surface area contributed by atoms with Crippen LogP contribution >= 0.6 is 0 Å². The second kappa shape index (κ2) is 63.9. The van der Waals surface area contributed by atoms with Gasteiger partial charge in [-0.15, -0.1) is 0 Å². The lowest BCUT2D eigenvalue weighted by molar-refractivity contribution is -0.167. The summed E-state index contributed by atoms with van der Waals surface area (Å²) in [6.45, 7) is 6.56. The summed E-state index contributed by atoms with van der Waals surface area (Å²) in [5.74, 6) is -0.888. The summed E-state index contributed by atoms with van der Waals surface area (Å²) in [5.41, 5.74) is 0. The number of allylic oxidation sites excluding steroid dienone is 8. The molecule has 0 saturated carbocycles.